The first-order valence-corrected chi connectivity index (χ1v) is 11.7. The molecule has 9 heteroatoms. The molecule has 0 radical (unpaired) electrons. The van der Waals surface area contributed by atoms with Crippen LogP contribution in [0.5, 0.6) is 0 Å². The maximum absolute atomic E-state index is 12.7. The van der Waals surface area contributed by atoms with Gasteiger partial charge in [0.1, 0.15) is 5.82 Å². The summed E-state index contributed by atoms with van der Waals surface area (Å²) in [5.74, 6) is 1.31. The Bertz CT molecular complexity index is 1010. The predicted octanol–water partition coefficient (Wildman–Crippen LogP) is 0.399. The van der Waals surface area contributed by atoms with Crippen LogP contribution in [0, 0.1) is 5.92 Å². The minimum absolute atomic E-state index is 0.0570. The number of benzene rings is 1. The highest BCUT2D eigenvalue weighted by molar-refractivity contribution is 5.85. The molecule has 2 fully saturated rings. The maximum Gasteiger partial charge on any atom is 0.354 e. The van der Waals surface area contributed by atoms with Crippen LogP contribution in [0.15, 0.2) is 41.3 Å². The number of rotatable bonds is 7. The third-order valence-electron chi connectivity index (χ3n) is 6.46. The van der Waals surface area contributed by atoms with E-state index in [9.17, 15) is 9.59 Å². The van der Waals surface area contributed by atoms with E-state index in [4.69, 9.17) is 11.5 Å². The second-order valence-corrected chi connectivity index (χ2v) is 9.74. The molecule has 178 valence electrons. The zero-order valence-corrected chi connectivity index (χ0v) is 19.6. The van der Waals surface area contributed by atoms with E-state index in [0.29, 0.717) is 32.0 Å². The smallest absolute Gasteiger partial charge is 0.353 e. The molecule has 4 rings (SSSR count). The van der Waals surface area contributed by atoms with Crippen molar-refractivity contribution in [1.29, 1.82) is 0 Å². The van der Waals surface area contributed by atoms with Gasteiger partial charge in [-0.05, 0) is 56.5 Å². The van der Waals surface area contributed by atoms with Crippen LogP contribution < -0.4 is 22.1 Å². The van der Waals surface area contributed by atoms with Crippen molar-refractivity contribution in [3.8, 4) is 5.69 Å². The number of nitrogens with two attached hydrogens (primary N) is 2. The standard InChI is InChI=1S/C24H35N7O2/c1-24(2,26)22(32)30-13-11-29(12-14-30)21-8-10-31(23(33)27-21)20-5-3-18(4-6-20)15-28-16-19(17-28)7-9-25/h3-6,8,10,19H,7,9,11-17,25-26H2,1-2H3. The van der Waals surface area contributed by atoms with Gasteiger partial charge in [0.2, 0.25) is 5.91 Å². The number of nitrogens with zero attached hydrogens (tertiary/aromatic N) is 5. The number of carbonyl (C=O) groups is 1. The van der Waals surface area contributed by atoms with Gasteiger partial charge in [0.25, 0.3) is 0 Å². The van der Waals surface area contributed by atoms with E-state index in [1.807, 2.05) is 23.1 Å². The summed E-state index contributed by atoms with van der Waals surface area (Å²) in [5, 5.41) is 0. The average molecular weight is 454 g/mol. The Morgan fingerprint density at radius 2 is 1.76 bits per heavy atom. The minimum Gasteiger partial charge on any atom is -0.353 e. The van der Waals surface area contributed by atoms with Crippen molar-refractivity contribution in [2.75, 3.05) is 50.7 Å². The Kier molecular flexibility index (Phi) is 6.83. The number of amides is 1. The topological polar surface area (TPSA) is 114 Å². The van der Waals surface area contributed by atoms with Gasteiger partial charge in [-0.2, -0.15) is 4.98 Å². The van der Waals surface area contributed by atoms with Crippen LogP contribution in [0.3, 0.4) is 0 Å². The number of hydrogen-bond donors (Lipinski definition) is 2. The van der Waals surface area contributed by atoms with Crippen LogP contribution in [0.25, 0.3) is 5.69 Å². The highest BCUT2D eigenvalue weighted by Crippen LogP contribution is 2.21. The van der Waals surface area contributed by atoms with E-state index >= 15 is 0 Å². The average Bonchev–Trinajstić information content (AvgIpc) is 2.77. The Hall–Kier alpha value is -2.75. The summed E-state index contributed by atoms with van der Waals surface area (Å²) in [5.41, 5.74) is 12.4. The van der Waals surface area contributed by atoms with E-state index < -0.39 is 5.54 Å². The van der Waals surface area contributed by atoms with Crippen molar-refractivity contribution >= 4 is 11.7 Å². The molecule has 4 N–H and O–H groups in total. The van der Waals surface area contributed by atoms with Gasteiger partial charge in [0, 0.05) is 52.0 Å². The Morgan fingerprint density at radius 1 is 1.09 bits per heavy atom. The fraction of sp³-hybridized carbons (Fsp3) is 0.542. The van der Waals surface area contributed by atoms with Crippen LogP contribution in [0.1, 0.15) is 25.8 Å². The van der Waals surface area contributed by atoms with E-state index in [2.05, 4.69) is 22.0 Å². The summed E-state index contributed by atoms with van der Waals surface area (Å²) in [6.45, 7) is 9.71. The first kappa shape index (κ1) is 23.4. The molecule has 0 aliphatic carbocycles. The van der Waals surface area contributed by atoms with E-state index in [1.54, 1.807) is 29.5 Å². The van der Waals surface area contributed by atoms with Gasteiger partial charge in [0.05, 0.1) is 11.2 Å². The van der Waals surface area contributed by atoms with Gasteiger partial charge in [-0.3, -0.25) is 14.3 Å². The summed E-state index contributed by atoms with van der Waals surface area (Å²) in [4.78, 5) is 35.6. The number of hydrogen-bond acceptors (Lipinski definition) is 7. The van der Waals surface area contributed by atoms with Crippen molar-refractivity contribution in [2.24, 2.45) is 17.4 Å². The van der Waals surface area contributed by atoms with Crippen LogP contribution >= 0.6 is 0 Å². The van der Waals surface area contributed by atoms with Gasteiger partial charge in [-0.1, -0.05) is 12.1 Å². The fourth-order valence-electron chi connectivity index (χ4n) is 4.56. The molecule has 2 saturated heterocycles. The minimum atomic E-state index is -0.876. The lowest BCUT2D eigenvalue weighted by Crippen LogP contribution is -2.57. The van der Waals surface area contributed by atoms with Gasteiger partial charge in [-0.15, -0.1) is 0 Å². The fourth-order valence-corrected chi connectivity index (χ4v) is 4.56. The van der Waals surface area contributed by atoms with Crippen LogP contribution in [0.2, 0.25) is 0 Å². The second-order valence-electron chi connectivity index (χ2n) is 9.74. The van der Waals surface area contributed by atoms with Crippen molar-refractivity contribution in [2.45, 2.75) is 32.4 Å². The molecular weight excluding hydrogens is 418 g/mol. The van der Waals surface area contributed by atoms with Gasteiger partial charge in [-0.25, -0.2) is 4.79 Å². The summed E-state index contributed by atoms with van der Waals surface area (Å²) in [6, 6.07) is 9.93. The molecule has 0 atom stereocenters. The SMILES string of the molecule is CC(C)(N)C(=O)N1CCN(c2ccn(-c3ccc(CN4CC(CCN)C4)cc3)c(=O)n2)CC1. The second kappa shape index (κ2) is 9.62. The Morgan fingerprint density at radius 3 is 2.33 bits per heavy atom. The maximum atomic E-state index is 12.7. The zero-order chi connectivity index (χ0) is 23.6. The summed E-state index contributed by atoms with van der Waals surface area (Å²) in [6.07, 6.45) is 2.87. The van der Waals surface area contributed by atoms with Crippen molar-refractivity contribution in [3.05, 3.63) is 52.6 Å². The lowest BCUT2D eigenvalue weighted by molar-refractivity contribution is -0.136. The first-order chi connectivity index (χ1) is 15.7. The molecule has 1 amide bonds. The Balaban J connectivity index is 1.35. The van der Waals surface area contributed by atoms with Crippen LogP contribution in [-0.2, 0) is 11.3 Å². The molecule has 2 aromatic rings. The summed E-state index contributed by atoms with van der Waals surface area (Å²) in [7, 11) is 0. The number of carbonyl (C=O) groups excluding carboxylic acids is 1. The lowest BCUT2D eigenvalue weighted by Gasteiger charge is -2.39. The molecule has 2 aliphatic heterocycles. The third-order valence-corrected chi connectivity index (χ3v) is 6.46. The molecule has 0 spiro atoms. The van der Waals surface area contributed by atoms with Crippen LogP contribution in [0.4, 0.5) is 5.82 Å². The summed E-state index contributed by atoms with van der Waals surface area (Å²) >= 11 is 0. The molecule has 33 heavy (non-hydrogen) atoms. The highest BCUT2D eigenvalue weighted by atomic mass is 16.2. The molecule has 1 aromatic heterocycles. The largest absolute Gasteiger partial charge is 0.354 e. The number of likely N-dealkylation sites (tertiary alicyclic amines) is 1. The third kappa shape index (κ3) is 5.43. The number of piperazine rings is 1. The van der Waals surface area contributed by atoms with E-state index in [1.165, 1.54) is 5.56 Å². The molecule has 0 unspecified atom stereocenters. The monoisotopic (exact) mass is 453 g/mol. The molecule has 9 nitrogen and oxygen atoms in total. The zero-order valence-electron chi connectivity index (χ0n) is 19.6. The molecule has 1 aromatic carbocycles. The quantitative estimate of drug-likeness (QED) is 0.624. The predicted molar refractivity (Wildman–Crippen MR) is 129 cm³/mol. The molecule has 0 saturated carbocycles. The molecule has 2 aliphatic rings. The molecular formula is C24H35N7O2. The van der Waals surface area contributed by atoms with Gasteiger partial charge in [0.15, 0.2) is 0 Å². The van der Waals surface area contributed by atoms with Crippen molar-refractivity contribution < 1.29 is 4.79 Å². The summed E-state index contributed by atoms with van der Waals surface area (Å²) < 4.78 is 1.56. The van der Waals surface area contributed by atoms with Gasteiger partial charge < -0.3 is 21.3 Å². The van der Waals surface area contributed by atoms with Gasteiger partial charge >= 0.3 is 5.69 Å². The number of aromatic nitrogens is 2. The normalized spacial score (nSPS) is 17.8. The number of anilines is 1. The molecule has 3 heterocycles. The highest BCUT2D eigenvalue weighted by Gasteiger charge is 2.30. The lowest BCUT2D eigenvalue weighted by atomic mass is 9.96. The van der Waals surface area contributed by atoms with Crippen molar-refractivity contribution in [1.82, 2.24) is 19.4 Å². The first-order valence-electron chi connectivity index (χ1n) is 11.7. The van der Waals surface area contributed by atoms with Crippen LogP contribution in [-0.4, -0.2) is 76.6 Å². The van der Waals surface area contributed by atoms with E-state index in [0.717, 1.165) is 44.2 Å². The molecule has 0 bridgehead atoms. The Labute approximate surface area is 195 Å². The van der Waals surface area contributed by atoms with Crippen molar-refractivity contribution in [3.63, 3.8) is 0 Å². The van der Waals surface area contributed by atoms with E-state index in [-0.39, 0.29) is 11.6 Å².